The van der Waals surface area contributed by atoms with E-state index < -0.39 is 18.7 Å². The van der Waals surface area contributed by atoms with Gasteiger partial charge in [-0.1, -0.05) is 13.0 Å². The zero-order valence-corrected chi connectivity index (χ0v) is 10.4. The lowest BCUT2D eigenvalue weighted by atomic mass is 10.1. The maximum atomic E-state index is 12.5. The molecular formula is C12H15F3N2O2. The Morgan fingerprint density at radius 3 is 2.53 bits per heavy atom. The Bertz CT molecular complexity index is 461. The predicted molar refractivity (Wildman–Crippen MR) is 66.4 cm³/mol. The summed E-state index contributed by atoms with van der Waals surface area (Å²) in [6.45, 7) is 0.562. The topological polar surface area (TPSA) is 66.6 Å². The van der Waals surface area contributed by atoms with E-state index in [1.807, 2.05) is 0 Å². The SMILES string of the molecule is CCCN(CC(F)(F)F)c1c(N)cccc1C(=O)O. The second-order valence-corrected chi connectivity index (χ2v) is 4.09. The molecule has 0 heterocycles. The number of aromatic carboxylic acids is 1. The Hall–Kier alpha value is -1.92. The molecule has 4 nitrogen and oxygen atoms in total. The largest absolute Gasteiger partial charge is 0.478 e. The second-order valence-electron chi connectivity index (χ2n) is 4.09. The Morgan fingerprint density at radius 1 is 1.42 bits per heavy atom. The van der Waals surface area contributed by atoms with E-state index in [0.29, 0.717) is 6.42 Å². The van der Waals surface area contributed by atoms with Crippen LogP contribution in [0.5, 0.6) is 0 Å². The number of nitrogen functional groups attached to an aromatic ring is 1. The quantitative estimate of drug-likeness (QED) is 0.811. The Balaban J connectivity index is 3.25. The number of anilines is 2. The summed E-state index contributed by atoms with van der Waals surface area (Å²) in [7, 11) is 0. The zero-order chi connectivity index (χ0) is 14.6. The third-order valence-electron chi connectivity index (χ3n) is 2.48. The molecule has 0 aliphatic carbocycles. The first kappa shape index (κ1) is 15.1. The molecule has 0 atom stereocenters. The van der Waals surface area contributed by atoms with Crippen molar-refractivity contribution in [2.24, 2.45) is 0 Å². The molecule has 106 valence electrons. The molecule has 0 aliphatic rings. The van der Waals surface area contributed by atoms with Crippen LogP contribution in [0.3, 0.4) is 0 Å². The number of halogens is 3. The fourth-order valence-corrected chi connectivity index (χ4v) is 1.84. The van der Waals surface area contributed by atoms with E-state index in [9.17, 15) is 18.0 Å². The number of hydrogen-bond acceptors (Lipinski definition) is 3. The minimum absolute atomic E-state index is 0.0256. The third-order valence-corrected chi connectivity index (χ3v) is 2.48. The third kappa shape index (κ3) is 4.04. The fraction of sp³-hybridized carbons (Fsp3) is 0.417. The van der Waals surface area contributed by atoms with Gasteiger partial charge in [-0.3, -0.25) is 0 Å². The van der Waals surface area contributed by atoms with Gasteiger partial charge in [0, 0.05) is 6.54 Å². The molecule has 3 N–H and O–H groups in total. The van der Waals surface area contributed by atoms with Gasteiger partial charge < -0.3 is 15.7 Å². The van der Waals surface area contributed by atoms with Crippen LogP contribution in [0.4, 0.5) is 24.5 Å². The summed E-state index contributed by atoms with van der Waals surface area (Å²) in [6, 6.07) is 4.04. The molecule has 0 unspecified atom stereocenters. The standard InChI is InChI=1S/C12H15F3N2O2/c1-2-6-17(7-12(13,14)15)10-8(11(18)19)4-3-5-9(10)16/h3-5H,2,6-7,16H2,1H3,(H,18,19). The Morgan fingerprint density at radius 2 is 2.05 bits per heavy atom. The van der Waals surface area contributed by atoms with Gasteiger partial charge >= 0.3 is 12.1 Å². The number of carboxylic acid groups (broad SMARTS) is 1. The number of nitrogens with two attached hydrogens (primary N) is 1. The second kappa shape index (κ2) is 5.81. The normalized spacial score (nSPS) is 11.4. The Labute approximate surface area is 108 Å². The van der Waals surface area contributed by atoms with E-state index in [2.05, 4.69) is 0 Å². The van der Waals surface area contributed by atoms with Gasteiger partial charge in [-0.25, -0.2) is 4.79 Å². The summed E-state index contributed by atoms with van der Waals surface area (Å²) >= 11 is 0. The van der Waals surface area contributed by atoms with Crippen molar-refractivity contribution < 1.29 is 23.1 Å². The van der Waals surface area contributed by atoms with Gasteiger partial charge in [0.05, 0.1) is 16.9 Å². The number of alkyl halides is 3. The van der Waals surface area contributed by atoms with Gasteiger partial charge in [0.1, 0.15) is 6.54 Å². The highest BCUT2D eigenvalue weighted by atomic mass is 19.4. The molecule has 0 radical (unpaired) electrons. The van der Waals surface area contributed by atoms with Crippen molar-refractivity contribution in [3.05, 3.63) is 23.8 Å². The molecular weight excluding hydrogens is 261 g/mol. The average molecular weight is 276 g/mol. The predicted octanol–water partition coefficient (Wildman–Crippen LogP) is 2.75. The minimum atomic E-state index is -4.42. The number of nitrogens with zero attached hydrogens (tertiary/aromatic N) is 1. The fourth-order valence-electron chi connectivity index (χ4n) is 1.84. The van der Waals surface area contributed by atoms with Crippen LogP contribution in [0.15, 0.2) is 18.2 Å². The number of carboxylic acids is 1. The average Bonchev–Trinajstić information content (AvgIpc) is 2.26. The maximum Gasteiger partial charge on any atom is 0.405 e. The number of rotatable bonds is 5. The van der Waals surface area contributed by atoms with Gasteiger partial charge in [0.2, 0.25) is 0 Å². The molecule has 0 saturated carbocycles. The summed E-state index contributed by atoms with van der Waals surface area (Å²) in [5.41, 5.74) is 5.36. The van der Waals surface area contributed by atoms with Crippen molar-refractivity contribution in [2.45, 2.75) is 19.5 Å². The summed E-state index contributed by atoms with van der Waals surface area (Å²) in [6.07, 6.45) is -3.98. The monoisotopic (exact) mass is 276 g/mol. The minimum Gasteiger partial charge on any atom is -0.478 e. The van der Waals surface area contributed by atoms with Crippen LogP contribution < -0.4 is 10.6 Å². The summed E-state index contributed by atoms with van der Waals surface area (Å²) in [5, 5.41) is 9.04. The van der Waals surface area contributed by atoms with Crippen molar-refractivity contribution in [1.82, 2.24) is 0 Å². The highest BCUT2D eigenvalue weighted by Gasteiger charge is 2.32. The highest BCUT2D eigenvalue weighted by Crippen LogP contribution is 2.31. The van der Waals surface area contributed by atoms with Gasteiger partial charge in [-0.05, 0) is 18.6 Å². The lowest BCUT2D eigenvalue weighted by molar-refractivity contribution is -0.119. The molecule has 0 aromatic heterocycles. The molecule has 19 heavy (non-hydrogen) atoms. The molecule has 0 aliphatic heterocycles. The van der Waals surface area contributed by atoms with E-state index in [4.69, 9.17) is 10.8 Å². The molecule has 1 aromatic rings. The first-order valence-electron chi connectivity index (χ1n) is 5.69. The van der Waals surface area contributed by atoms with Gasteiger partial charge in [-0.15, -0.1) is 0 Å². The number of benzene rings is 1. The van der Waals surface area contributed by atoms with Gasteiger partial charge in [0.15, 0.2) is 0 Å². The van der Waals surface area contributed by atoms with E-state index in [-0.39, 0.29) is 23.5 Å². The van der Waals surface area contributed by atoms with Crippen LogP contribution in [-0.2, 0) is 0 Å². The van der Waals surface area contributed by atoms with Crippen molar-refractivity contribution >= 4 is 17.3 Å². The molecule has 1 aromatic carbocycles. The number of carbonyl (C=O) groups is 1. The maximum absolute atomic E-state index is 12.5. The van der Waals surface area contributed by atoms with Crippen molar-refractivity contribution in [2.75, 3.05) is 23.7 Å². The zero-order valence-electron chi connectivity index (χ0n) is 10.4. The van der Waals surface area contributed by atoms with Crippen LogP contribution in [0, 0.1) is 0 Å². The van der Waals surface area contributed by atoms with Gasteiger partial charge in [-0.2, -0.15) is 13.2 Å². The van der Waals surface area contributed by atoms with E-state index in [1.54, 1.807) is 6.92 Å². The molecule has 0 bridgehead atoms. The molecule has 0 spiro atoms. The molecule has 0 saturated heterocycles. The van der Waals surface area contributed by atoms with Crippen molar-refractivity contribution in [3.63, 3.8) is 0 Å². The van der Waals surface area contributed by atoms with E-state index in [1.165, 1.54) is 18.2 Å². The number of para-hydroxylation sites is 1. The highest BCUT2D eigenvalue weighted by molar-refractivity contribution is 5.98. The molecule has 1 rings (SSSR count). The smallest absolute Gasteiger partial charge is 0.405 e. The van der Waals surface area contributed by atoms with Crippen molar-refractivity contribution in [3.8, 4) is 0 Å². The Kier molecular flexibility index (Phi) is 4.63. The van der Waals surface area contributed by atoms with Crippen LogP contribution in [0.1, 0.15) is 23.7 Å². The lowest BCUT2D eigenvalue weighted by Crippen LogP contribution is -2.36. The van der Waals surface area contributed by atoms with Crippen LogP contribution in [0.2, 0.25) is 0 Å². The van der Waals surface area contributed by atoms with E-state index >= 15 is 0 Å². The summed E-state index contributed by atoms with van der Waals surface area (Å²) in [5.74, 6) is -1.30. The van der Waals surface area contributed by atoms with E-state index in [0.717, 1.165) is 4.90 Å². The van der Waals surface area contributed by atoms with Crippen LogP contribution in [-0.4, -0.2) is 30.3 Å². The lowest BCUT2D eigenvalue weighted by Gasteiger charge is -2.28. The molecule has 0 fully saturated rings. The molecule has 0 amide bonds. The summed E-state index contributed by atoms with van der Waals surface area (Å²) < 4.78 is 37.6. The number of hydrogen-bond donors (Lipinski definition) is 2. The molecule has 7 heteroatoms. The van der Waals surface area contributed by atoms with Gasteiger partial charge in [0.25, 0.3) is 0 Å². The van der Waals surface area contributed by atoms with Crippen molar-refractivity contribution in [1.29, 1.82) is 0 Å². The first-order valence-corrected chi connectivity index (χ1v) is 5.69. The van der Waals surface area contributed by atoms with Crippen LogP contribution >= 0.6 is 0 Å². The first-order chi connectivity index (χ1) is 8.76. The van der Waals surface area contributed by atoms with Crippen LogP contribution in [0.25, 0.3) is 0 Å². The summed E-state index contributed by atoms with van der Waals surface area (Å²) in [4.78, 5) is 12.0.